The molecule has 186 valence electrons. The smallest absolute Gasteiger partial charge is 0.305 e. The van der Waals surface area contributed by atoms with Crippen LogP contribution in [0.1, 0.15) is 56.6 Å². The van der Waals surface area contributed by atoms with E-state index in [2.05, 4.69) is 40.4 Å². The third-order valence-corrected chi connectivity index (χ3v) is 6.14. The highest BCUT2D eigenvalue weighted by Crippen LogP contribution is 2.28. The number of alkyl halides is 1. The van der Waals surface area contributed by atoms with Gasteiger partial charge in [0, 0.05) is 18.0 Å². The molecule has 2 rings (SSSR count). The number of nitrogens with one attached hydrogen (secondary N) is 2. The van der Waals surface area contributed by atoms with Gasteiger partial charge in [0.1, 0.15) is 11.7 Å². The first-order valence-electron chi connectivity index (χ1n) is 11.4. The van der Waals surface area contributed by atoms with E-state index >= 15 is 0 Å². The average molecular weight is 536 g/mol. The SMILES string of the molecule is CC(C)Cc1c(C(=O)N[C@@H](CC(C)C)C(=O)NC(CC(=O)O)C(=O)CBr)n(C)c2ccccc12. The molecule has 0 saturated carbocycles. The van der Waals surface area contributed by atoms with Crippen LogP contribution in [0.4, 0.5) is 0 Å². The normalized spacial score (nSPS) is 13.2. The molecule has 1 unspecified atom stereocenters. The quantitative estimate of drug-likeness (QED) is 0.360. The Morgan fingerprint density at radius 2 is 1.65 bits per heavy atom. The Morgan fingerprint density at radius 3 is 2.21 bits per heavy atom. The summed E-state index contributed by atoms with van der Waals surface area (Å²) >= 11 is 3.03. The molecule has 0 aliphatic carbocycles. The molecule has 0 saturated heterocycles. The maximum absolute atomic E-state index is 13.5. The van der Waals surface area contributed by atoms with Gasteiger partial charge >= 0.3 is 5.97 Å². The first kappa shape index (κ1) is 27.6. The Kier molecular flexibility index (Phi) is 9.85. The summed E-state index contributed by atoms with van der Waals surface area (Å²) in [7, 11) is 1.83. The Morgan fingerprint density at radius 1 is 1.00 bits per heavy atom. The fourth-order valence-corrected chi connectivity index (χ4v) is 4.48. The summed E-state index contributed by atoms with van der Waals surface area (Å²) in [5.41, 5.74) is 2.35. The standard InChI is InChI=1S/C25H34BrN3O5/c1-14(2)10-17-16-8-6-7-9-20(16)29(5)23(17)25(34)28-19(11-15(3)4)24(33)27-18(12-22(31)32)21(30)13-26/h6-9,14-15,18-19H,10-13H2,1-5H3,(H,27,33)(H,28,34)(H,31,32)/t18?,19-/m0/s1. The van der Waals surface area contributed by atoms with Crippen LogP contribution >= 0.6 is 15.9 Å². The van der Waals surface area contributed by atoms with Crippen molar-refractivity contribution in [3.05, 3.63) is 35.5 Å². The van der Waals surface area contributed by atoms with Crippen molar-refractivity contribution in [1.29, 1.82) is 0 Å². The Hall–Kier alpha value is -2.68. The summed E-state index contributed by atoms with van der Waals surface area (Å²) in [6, 6.07) is 5.71. The van der Waals surface area contributed by atoms with Gasteiger partial charge in [0.05, 0.1) is 17.8 Å². The third-order valence-electron chi connectivity index (χ3n) is 5.58. The van der Waals surface area contributed by atoms with Crippen molar-refractivity contribution >= 4 is 50.4 Å². The molecule has 0 spiro atoms. The minimum atomic E-state index is -1.20. The number of carbonyl (C=O) groups excluding carboxylic acids is 3. The lowest BCUT2D eigenvalue weighted by Crippen LogP contribution is -2.53. The van der Waals surface area contributed by atoms with Crippen LogP contribution in [0.5, 0.6) is 0 Å². The van der Waals surface area contributed by atoms with E-state index in [-0.39, 0.29) is 17.2 Å². The number of para-hydroxylation sites is 1. The van der Waals surface area contributed by atoms with Crippen LogP contribution in [0, 0.1) is 11.8 Å². The van der Waals surface area contributed by atoms with Crippen molar-refractivity contribution in [2.24, 2.45) is 18.9 Å². The summed E-state index contributed by atoms with van der Waals surface area (Å²) in [5.74, 6) is -2.21. The van der Waals surface area contributed by atoms with Crippen molar-refractivity contribution < 1.29 is 24.3 Å². The van der Waals surface area contributed by atoms with Gasteiger partial charge in [0.2, 0.25) is 5.91 Å². The number of aryl methyl sites for hydroxylation is 1. The molecule has 0 radical (unpaired) electrons. The zero-order valence-corrected chi connectivity index (χ0v) is 21.9. The van der Waals surface area contributed by atoms with E-state index in [1.807, 2.05) is 49.7 Å². The van der Waals surface area contributed by atoms with Crippen LogP contribution in [-0.4, -0.2) is 50.7 Å². The summed E-state index contributed by atoms with van der Waals surface area (Å²) in [6.07, 6.45) is 0.509. The number of halogens is 1. The summed E-state index contributed by atoms with van der Waals surface area (Å²) in [4.78, 5) is 49.9. The van der Waals surface area contributed by atoms with Crippen molar-refractivity contribution in [3.63, 3.8) is 0 Å². The fraction of sp³-hybridized carbons (Fsp3) is 0.520. The average Bonchev–Trinajstić information content (AvgIpc) is 3.02. The van der Waals surface area contributed by atoms with Crippen LogP contribution in [0.3, 0.4) is 0 Å². The third kappa shape index (κ3) is 6.91. The summed E-state index contributed by atoms with van der Waals surface area (Å²) in [6.45, 7) is 8.02. The highest BCUT2D eigenvalue weighted by Gasteiger charge is 2.30. The molecular formula is C25H34BrN3O5. The van der Waals surface area contributed by atoms with Crippen molar-refractivity contribution in [2.75, 3.05) is 5.33 Å². The maximum atomic E-state index is 13.5. The first-order chi connectivity index (χ1) is 16.0. The number of ketones is 1. The molecule has 2 aromatic rings. The maximum Gasteiger partial charge on any atom is 0.305 e. The van der Waals surface area contributed by atoms with Gasteiger partial charge in [-0.1, -0.05) is 61.8 Å². The lowest BCUT2D eigenvalue weighted by molar-refractivity contribution is -0.140. The van der Waals surface area contributed by atoms with Crippen molar-refractivity contribution in [1.82, 2.24) is 15.2 Å². The number of fused-ring (bicyclic) bond motifs is 1. The van der Waals surface area contributed by atoms with Crippen molar-refractivity contribution in [3.8, 4) is 0 Å². The lowest BCUT2D eigenvalue weighted by Gasteiger charge is -2.23. The molecule has 9 heteroatoms. The summed E-state index contributed by atoms with van der Waals surface area (Å²) in [5, 5.41) is 15.4. The van der Waals surface area contributed by atoms with E-state index in [0.717, 1.165) is 16.5 Å². The number of carboxylic acid groups (broad SMARTS) is 1. The van der Waals surface area contributed by atoms with Gasteiger partial charge in [0.25, 0.3) is 5.91 Å². The van der Waals surface area contributed by atoms with E-state index in [4.69, 9.17) is 5.11 Å². The Balaban J connectivity index is 2.38. The highest BCUT2D eigenvalue weighted by atomic mass is 79.9. The number of amides is 2. The van der Waals surface area contributed by atoms with Crippen LogP contribution in [-0.2, 0) is 27.9 Å². The number of aromatic nitrogens is 1. The van der Waals surface area contributed by atoms with Crippen LogP contribution in [0.25, 0.3) is 10.9 Å². The fourth-order valence-electron chi connectivity index (χ4n) is 4.09. The number of aliphatic carboxylic acids is 1. The zero-order chi connectivity index (χ0) is 25.6. The zero-order valence-electron chi connectivity index (χ0n) is 20.4. The van der Waals surface area contributed by atoms with E-state index in [9.17, 15) is 19.2 Å². The molecule has 1 aromatic carbocycles. The van der Waals surface area contributed by atoms with E-state index in [0.29, 0.717) is 24.5 Å². The van der Waals surface area contributed by atoms with Crippen molar-refractivity contribution in [2.45, 2.75) is 59.0 Å². The predicted octanol–water partition coefficient (Wildman–Crippen LogP) is 3.44. The molecule has 0 bridgehead atoms. The van der Waals surface area contributed by atoms with Gasteiger partial charge in [-0.2, -0.15) is 0 Å². The Bertz CT molecular complexity index is 1060. The molecular weight excluding hydrogens is 502 g/mol. The number of carbonyl (C=O) groups is 4. The van der Waals surface area contributed by atoms with Gasteiger partial charge < -0.3 is 20.3 Å². The second-order valence-corrected chi connectivity index (χ2v) is 9.98. The van der Waals surface area contributed by atoms with E-state index in [1.54, 1.807) is 0 Å². The number of hydrogen-bond acceptors (Lipinski definition) is 4. The topological polar surface area (TPSA) is 118 Å². The number of nitrogens with zero attached hydrogens (tertiary/aromatic N) is 1. The number of hydrogen-bond donors (Lipinski definition) is 3. The van der Waals surface area contributed by atoms with Gasteiger partial charge in [-0.25, -0.2) is 0 Å². The second-order valence-electron chi connectivity index (χ2n) is 9.42. The molecule has 0 aliphatic rings. The monoisotopic (exact) mass is 535 g/mol. The van der Waals surface area contributed by atoms with Gasteiger partial charge in [-0.3, -0.25) is 19.2 Å². The first-order valence-corrected chi connectivity index (χ1v) is 12.6. The molecule has 1 heterocycles. The molecule has 0 aliphatic heterocycles. The second kappa shape index (κ2) is 12.1. The largest absolute Gasteiger partial charge is 0.481 e. The van der Waals surface area contributed by atoms with E-state index < -0.39 is 36.2 Å². The van der Waals surface area contributed by atoms with Crippen LogP contribution < -0.4 is 10.6 Å². The summed E-state index contributed by atoms with van der Waals surface area (Å²) < 4.78 is 1.84. The number of Topliss-reactive ketones (excluding diaryl/α,β-unsaturated/α-hetero) is 1. The molecule has 1 aromatic heterocycles. The Labute approximate surface area is 208 Å². The molecule has 3 N–H and O–H groups in total. The molecule has 0 fully saturated rings. The lowest BCUT2D eigenvalue weighted by atomic mass is 9.98. The number of carboxylic acids is 1. The molecule has 34 heavy (non-hydrogen) atoms. The minimum Gasteiger partial charge on any atom is -0.481 e. The van der Waals surface area contributed by atoms with Gasteiger partial charge in [-0.05, 0) is 36.3 Å². The number of benzene rings is 1. The molecule has 2 amide bonds. The van der Waals surface area contributed by atoms with E-state index in [1.165, 1.54) is 0 Å². The van der Waals surface area contributed by atoms with Gasteiger partial charge in [0.15, 0.2) is 5.78 Å². The van der Waals surface area contributed by atoms with Crippen LogP contribution in [0.15, 0.2) is 24.3 Å². The highest BCUT2D eigenvalue weighted by molar-refractivity contribution is 9.09. The minimum absolute atomic E-state index is 0.0727. The molecule has 8 nitrogen and oxygen atoms in total. The van der Waals surface area contributed by atoms with Crippen LogP contribution in [0.2, 0.25) is 0 Å². The predicted molar refractivity (Wildman–Crippen MR) is 135 cm³/mol. The molecule has 2 atom stereocenters. The number of rotatable bonds is 12. The van der Waals surface area contributed by atoms with Gasteiger partial charge in [-0.15, -0.1) is 0 Å².